The maximum absolute atomic E-state index is 14.0. The van der Waals surface area contributed by atoms with E-state index < -0.39 is 11.0 Å². The van der Waals surface area contributed by atoms with Crippen LogP contribution in [0, 0.1) is 46.3 Å². The van der Waals surface area contributed by atoms with Crippen LogP contribution < -0.4 is 0 Å². The van der Waals surface area contributed by atoms with Crippen LogP contribution >= 0.6 is 0 Å². The fourth-order valence-electron chi connectivity index (χ4n) is 8.45. The summed E-state index contributed by atoms with van der Waals surface area (Å²) in [5, 5.41) is 20.3. The predicted molar refractivity (Wildman–Crippen MR) is 127 cm³/mol. The molecule has 4 heteroatoms. The van der Waals surface area contributed by atoms with Gasteiger partial charge in [-0.2, -0.15) is 0 Å². The summed E-state index contributed by atoms with van der Waals surface area (Å²) in [6.07, 6.45) is 8.26. The van der Waals surface area contributed by atoms with Gasteiger partial charge in [0.15, 0.2) is 0 Å². The second-order valence-electron chi connectivity index (χ2n) is 13.0. The second-order valence-corrected chi connectivity index (χ2v) is 13.0. The molecule has 4 fully saturated rings. The van der Waals surface area contributed by atoms with Gasteiger partial charge >= 0.3 is 0 Å². The van der Waals surface area contributed by atoms with Crippen molar-refractivity contribution >= 4 is 5.78 Å². The smallest absolute Gasteiger partial charge is 0.145 e. The molecular formula is C28H48O4. The van der Waals surface area contributed by atoms with Crippen molar-refractivity contribution < 1.29 is 19.7 Å². The second kappa shape index (κ2) is 8.64. The van der Waals surface area contributed by atoms with Crippen LogP contribution in [-0.4, -0.2) is 40.4 Å². The van der Waals surface area contributed by atoms with Gasteiger partial charge in [0.2, 0.25) is 0 Å². The highest BCUT2D eigenvalue weighted by atomic mass is 16.6. The molecule has 1 saturated heterocycles. The molecule has 10 atom stereocenters. The Bertz CT molecular complexity index is 706. The third-order valence-corrected chi connectivity index (χ3v) is 11.1. The number of ether oxygens (including phenoxy) is 1. The molecule has 1 heterocycles. The van der Waals surface area contributed by atoms with Gasteiger partial charge in [-0.25, -0.2) is 0 Å². The van der Waals surface area contributed by atoms with Gasteiger partial charge in [-0.05, 0) is 80.5 Å². The zero-order valence-corrected chi connectivity index (χ0v) is 21.4. The van der Waals surface area contributed by atoms with Crippen molar-refractivity contribution in [1.29, 1.82) is 0 Å². The van der Waals surface area contributed by atoms with E-state index in [4.69, 9.17) is 4.74 Å². The topological polar surface area (TPSA) is 70.1 Å². The summed E-state index contributed by atoms with van der Waals surface area (Å²) >= 11 is 0. The Hall–Kier alpha value is -0.450. The van der Waals surface area contributed by atoms with Crippen molar-refractivity contribution in [1.82, 2.24) is 0 Å². The molecule has 1 spiro atoms. The summed E-state index contributed by atoms with van der Waals surface area (Å²) in [6.45, 7) is 14.1. The van der Waals surface area contributed by atoms with Crippen LogP contribution in [-0.2, 0) is 9.53 Å². The van der Waals surface area contributed by atoms with E-state index in [2.05, 4.69) is 41.5 Å². The molecule has 0 bridgehead atoms. The Morgan fingerprint density at radius 1 is 1.09 bits per heavy atom. The minimum atomic E-state index is -0.448. The quantitative estimate of drug-likeness (QED) is 0.489. The zero-order valence-electron chi connectivity index (χ0n) is 21.4. The lowest BCUT2D eigenvalue weighted by Gasteiger charge is -2.49. The SMILES string of the molecule is CC(C)C(C)CC[C@@H](C)[C@H]1CCC(C2CC3OC34CC(O)CC[C@]4(C)C2=O)[C@]1(C)CCO. The molecule has 4 nitrogen and oxygen atoms in total. The lowest BCUT2D eigenvalue weighted by atomic mass is 9.52. The van der Waals surface area contributed by atoms with Crippen LogP contribution in [0.25, 0.3) is 0 Å². The molecule has 3 aliphatic carbocycles. The first-order valence-corrected chi connectivity index (χ1v) is 13.5. The number of carbonyl (C=O) groups is 1. The van der Waals surface area contributed by atoms with E-state index in [0.717, 1.165) is 37.5 Å². The average molecular weight is 449 g/mol. The summed E-state index contributed by atoms with van der Waals surface area (Å²) in [5.74, 6) is 3.42. The van der Waals surface area contributed by atoms with Crippen molar-refractivity contribution in [3.8, 4) is 0 Å². The third-order valence-electron chi connectivity index (χ3n) is 11.1. The predicted octanol–water partition coefficient (Wildman–Crippen LogP) is 5.39. The zero-order chi connectivity index (χ0) is 23.5. The number of epoxide rings is 1. The maximum atomic E-state index is 14.0. The number of aliphatic hydroxyl groups is 2. The Morgan fingerprint density at radius 2 is 1.81 bits per heavy atom. The fourth-order valence-corrected chi connectivity index (χ4v) is 8.45. The van der Waals surface area contributed by atoms with E-state index in [9.17, 15) is 15.0 Å². The Balaban J connectivity index is 1.53. The van der Waals surface area contributed by atoms with E-state index in [1.54, 1.807) is 0 Å². The molecule has 2 N–H and O–H groups in total. The molecule has 0 aromatic carbocycles. The number of ketones is 1. The van der Waals surface area contributed by atoms with Gasteiger partial charge in [0.1, 0.15) is 11.4 Å². The first-order valence-electron chi connectivity index (χ1n) is 13.5. The Kier molecular flexibility index (Phi) is 6.66. The molecule has 32 heavy (non-hydrogen) atoms. The minimum absolute atomic E-state index is 0.00892. The van der Waals surface area contributed by atoms with Crippen LogP contribution in [0.5, 0.6) is 0 Å². The van der Waals surface area contributed by atoms with E-state index in [1.807, 2.05) is 0 Å². The summed E-state index contributed by atoms with van der Waals surface area (Å²) < 4.78 is 6.26. The van der Waals surface area contributed by atoms with Crippen LogP contribution in [0.4, 0.5) is 0 Å². The van der Waals surface area contributed by atoms with Crippen LogP contribution in [0.3, 0.4) is 0 Å². The van der Waals surface area contributed by atoms with Crippen LogP contribution in [0.2, 0.25) is 0 Å². The fraction of sp³-hybridized carbons (Fsp3) is 0.964. The van der Waals surface area contributed by atoms with Gasteiger partial charge in [-0.3, -0.25) is 4.79 Å². The van der Waals surface area contributed by atoms with Crippen molar-refractivity contribution in [2.45, 2.75) is 117 Å². The van der Waals surface area contributed by atoms with Gasteiger partial charge in [0.05, 0.1) is 17.6 Å². The molecule has 0 amide bonds. The third kappa shape index (κ3) is 3.71. The first-order chi connectivity index (χ1) is 15.0. The molecule has 1 aliphatic heterocycles. The molecule has 6 unspecified atom stereocenters. The van der Waals surface area contributed by atoms with Crippen molar-refractivity contribution in [3.05, 3.63) is 0 Å². The van der Waals surface area contributed by atoms with Gasteiger partial charge in [-0.15, -0.1) is 0 Å². The number of hydrogen-bond donors (Lipinski definition) is 2. The average Bonchev–Trinajstić information content (AvgIpc) is 3.33. The molecule has 0 aromatic rings. The van der Waals surface area contributed by atoms with Gasteiger partial charge in [0.25, 0.3) is 0 Å². The summed E-state index contributed by atoms with van der Waals surface area (Å²) in [4.78, 5) is 14.0. The highest BCUT2D eigenvalue weighted by Gasteiger charge is 2.75. The first kappa shape index (κ1) is 24.7. The largest absolute Gasteiger partial charge is 0.396 e. The van der Waals surface area contributed by atoms with E-state index in [1.165, 1.54) is 19.3 Å². The molecule has 4 rings (SSSR count). The lowest BCUT2D eigenvalue weighted by Crippen LogP contribution is -2.57. The number of rotatable bonds is 8. The molecular weight excluding hydrogens is 400 g/mol. The number of carbonyl (C=O) groups excluding carboxylic acids is 1. The van der Waals surface area contributed by atoms with Gasteiger partial charge in [0, 0.05) is 18.9 Å². The Labute approximate surface area is 195 Å². The van der Waals surface area contributed by atoms with Crippen molar-refractivity contribution in [2.75, 3.05) is 6.61 Å². The lowest BCUT2D eigenvalue weighted by molar-refractivity contribution is -0.147. The van der Waals surface area contributed by atoms with Gasteiger partial charge in [-0.1, -0.05) is 47.5 Å². The highest BCUT2D eigenvalue weighted by Crippen LogP contribution is 2.68. The molecule has 184 valence electrons. The monoisotopic (exact) mass is 448 g/mol. The summed E-state index contributed by atoms with van der Waals surface area (Å²) in [6, 6.07) is 0. The maximum Gasteiger partial charge on any atom is 0.145 e. The molecule has 4 aliphatic rings. The molecule has 3 saturated carbocycles. The molecule has 0 radical (unpaired) electrons. The van der Waals surface area contributed by atoms with E-state index >= 15 is 0 Å². The highest BCUT2D eigenvalue weighted by molar-refractivity contribution is 5.90. The Morgan fingerprint density at radius 3 is 2.47 bits per heavy atom. The van der Waals surface area contributed by atoms with Crippen LogP contribution in [0.15, 0.2) is 0 Å². The van der Waals surface area contributed by atoms with Crippen LogP contribution in [0.1, 0.15) is 99.3 Å². The standard InChI is InChI=1S/C28H48O4/c1-17(2)18(3)7-8-19(4)22-9-10-23(26(22,5)13-14-29)21-15-24-28(32-24)16-20(30)11-12-27(28,6)25(21)31/h17-24,29-30H,7-16H2,1-6H3/t18?,19-,20?,21?,22-,23?,24?,26-,27-,28?/m1/s1. The summed E-state index contributed by atoms with van der Waals surface area (Å²) in [5.41, 5.74) is -0.838. The number of Topliss-reactive ketones (excluding diaryl/α,β-unsaturated/α-hetero) is 1. The van der Waals surface area contributed by atoms with Gasteiger partial charge < -0.3 is 14.9 Å². The van der Waals surface area contributed by atoms with Crippen molar-refractivity contribution in [3.63, 3.8) is 0 Å². The van der Waals surface area contributed by atoms with E-state index in [0.29, 0.717) is 36.4 Å². The number of aliphatic hydroxyl groups excluding tert-OH is 2. The molecule has 0 aromatic heterocycles. The number of hydrogen-bond acceptors (Lipinski definition) is 4. The minimum Gasteiger partial charge on any atom is -0.396 e. The summed E-state index contributed by atoms with van der Waals surface area (Å²) in [7, 11) is 0. The normalized spacial score (nSPS) is 47.8. The van der Waals surface area contributed by atoms with E-state index in [-0.39, 0.29) is 30.1 Å². The van der Waals surface area contributed by atoms with Crippen molar-refractivity contribution in [2.24, 2.45) is 46.3 Å².